The molecule has 4 heteroatoms. The van der Waals surface area contributed by atoms with E-state index in [0.29, 0.717) is 10.6 Å². The minimum absolute atomic E-state index is 0.0373. The van der Waals surface area contributed by atoms with E-state index in [1.165, 1.54) is 4.90 Å². The summed E-state index contributed by atoms with van der Waals surface area (Å²) in [5.41, 5.74) is 0.528. The van der Waals surface area contributed by atoms with Gasteiger partial charge in [0, 0.05) is 11.4 Å². The zero-order valence-corrected chi connectivity index (χ0v) is 10.7. The van der Waals surface area contributed by atoms with Gasteiger partial charge in [-0.15, -0.1) is 0 Å². The van der Waals surface area contributed by atoms with Crippen molar-refractivity contribution in [2.75, 3.05) is 20.1 Å². The van der Waals surface area contributed by atoms with Crippen molar-refractivity contribution in [3.8, 4) is 0 Å². The molecule has 0 aromatic heterocycles. The molecule has 1 heterocycles. The van der Waals surface area contributed by atoms with E-state index in [-0.39, 0.29) is 12.1 Å². The molecule has 0 radical (unpaired) electrons. The Morgan fingerprint density at radius 3 is 3.06 bits per heavy atom. The van der Waals surface area contributed by atoms with Gasteiger partial charge in [0.25, 0.3) is 0 Å². The SMILES string of the molecule is C[NH+]1CCCC(OC(=O)c2cccc(Cl)c2)C1. The lowest BCUT2D eigenvalue weighted by atomic mass is 10.1. The molecule has 1 aromatic carbocycles. The second kappa shape index (κ2) is 5.52. The first kappa shape index (κ1) is 12.4. The Kier molecular flexibility index (Phi) is 4.02. The van der Waals surface area contributed by atoms with E-state index in [1.54, 1.807) is 24.3 Å². The number of piperidine rings is 1. The van der Waals surface area contributed by atoms with Crippen molar-refractivity contribution in [1.29, 1.82) is 0 Å². The Balaban J connectivity index is 1.97. The van der Waals surface area contributed by atoms with Crippen LogP contribution in [0.5, 0.6) is 0 Å². The lowest BCUT2D eigenvalue weighted by molar-refractivity contribution is -0.888. The van der Waals surface area contributed by atoms with Gasteiger partial charge in [-0.1, -0.05) is 17.7 Å². The number of hydrogen-bond donors (Lipinski definition) is 1. The van der Waals surface area contributed by atoms with Crippen molar-refractivity contribution in [3.63, 3.8) is 0 Å². The van der Waals surface area contributed by atoms with Gasteiger partial charge in [0.2, 0.25) is 0 Å². The molecular weight excluding hydrogens is 238 g/mol. The van der Waals surface area contributed by atoms with Crippen molar-refractivity contribution in [3.05, 3.63) is 34.9 Å². The molecule has 2 rings (SSSR count). The number of carbonyl (C=O) groups is 1. The van der Waals surface area contributed by atoms with Crippen molar-refractivity contribution >= 4 is 17.6 Å². The number of quaternary nitrogens is 1. The molecule has 1 fully saturated rings. The first-order chi connectivity index (χ1) is 8.15. The normalized spacial score (nSPS) is 24.4. The van der Waals surface area contributed by atoms with Crippen LogP contribution in [0.25, 0.3) is 0 Å². The maximum atomic E-state index is 11.9. The van der Waals surface area contributed by atoms with Crippen LogP contribution in [0.3, 0.4) is 0 Å². The fraction of sp³-hybridized carbons (Fsp3) is 0.462. The van der Waals surface area contributed by atoms with Crippen LogP contribution in [0.1, 0.15) is 23.2 Å². The van der Waals surface area contributed by atoms with Crippen LogP contribution in [0.15, 0.2) is 24.3 Å². The highest BCUT2D eigenvalue weighted by atomic mass is 35.5. The number of carbonyl (C=O) groups excluding carboxylic acids is 1. The Bertz CT molecular complexity index is 408. The van der Waals surface area contributed by atoms with Crippen LogP contribution in [-0.4, -0.2) is 32.2 Å². The quantitative estimate of drug-likeness (QED) is 0.804. The minimum Gasteiger partial charge on any atom is -0.453 e. The summed E-state index contributed by atoms with van der Waals surface area (Å²) >= 11 is 5.84. The number of ether oxygens (including phenoxy) is 1. The highest BCUT2D eigenvalue weighted by Crippen LogP contribution is 2.13. The van der Waals surface area contributed by atoms with Crippen molar-refractivity contribution < 1.29 is 14.4 Å². The minimum atomic E-state index is -0.271. The van der Waals surface area contributed by atoms with E-state index in [2.05, 4.69) is 7.05 Å². The largest absolute Gasteiger partial charge is 0.453 e. The average Bonchev–Trinajstić information content (AvgIpc) is 2.29. The molecule has 3 nitrogen and oxygen atoms in total. The summed E-state index contributed by atoms with van der Waals surface area (Å²) in [5.74, 6) is -0.271. The number of hydrogen-bond acceptors (Lipinski definition) is 2. The van der Waals surface area contributed by atoms with Crippen molar-refractivity contribution in [2.45, 2.75) is 18.9 Å². The van der Waals surface area contributed by atoms with E-state index < -0.39 is 0 Å². The third-order valence-corrected chi connectivity index (χ3v) is 3.27. The molecule has 2 unspecified atom stereocenters. The van der Waals surface area contributed by atoms with Crippen LogP contribution in [0.4, 0.5) is 0 Å². The summed E-state index contributed by atoms with van der Waals surface area (Å²) in [5, 5.41) is 0.561. The van der Waals surface area contributed by atoms with Crippen molar-refractivity contribution in [2.24, 2.45) is 0 Å². The van der Waals surface area contributed by atoms with Gasteiger partial charge in [-0.05, 0) is 24.6 Å². The maximum Gasteiger partial charge on any atom is 0.338 e. The molecule has 0 spiro atoms. The number of rotatable bonds is 2. The fourth-order valence-corrected chi connectivity index (χ4v) is 2.35. The van der Waals surface area contributed by atoms with Gasteiger partial charge in [0.05, 0.1) is 19.2 Å². The van der Waals surface area contributed by atoms with Gasteiger partial charge in [-0.25, -0.2) is 4.79 Å². The number of benzene rings is 1. The van der Waals surface area contributed by atoms with Crippen molar-refractivity contribution in [1.82, 2.24) is 0 Å². The second-order valence-corrected chi connectivity index (χ2v) is 5.03. The first-order valence-electron chi connectivity index (χ1n) is 5.93. The third kappa shape index (κ3) is 3.45. The average molecular weight is 255 g/mol. The molecule has 1 N–H and O–H groups in total. The number of likely N-dealkylation sites (N-methyl/N-ethyl adjacent to an activating group) is 1. The molecule has 0 saturated carbocycles. The molecule has 1 saturated heterocycles. The Morgan fingerprint density at radius 2 is 2.35 bits per heavy atom. The molecular formula is C13H17ClNO2+. The molecule has 92 valence electrons. The predicted molar refractivity (Wildman–Crippen MR) is 66.5 cm³/mol. The molecule has 1 aliphatic rings. The number of esters is 1. The molecule has 1 aliphatic heterocycles. The molecule has 2 atom stereocenters. The van der Waals surface area contributed by atoms with Crippen LogP contribution in [0, 0.1) is 0 Å². The smallest absolute Gasteiger partial charge is 0.338 e. The predicted octanol–water partition coefficient (Wildman–Crippen LogP) is 1.17. The topological polar surface area (TPSA) is 30.7 Å². The standard InChI is InChI=1S/C13H16ClNO2/c1-15-7-3-6-12(9-15)17-13(16)10-4-2-5-11(14)8-10/h2,4-5,8,12H,3,6-7,9H2,1H3/p+1. The lowest BCUT2D eigenvalue weighted by Crippen LogP contribution is -3.11. The highest BCUT2D eigenvalue weighted by molar-refractivity contribution is 6.30. The van der Waals surface area contributed by atoms with Crippen LogP contribution in [-0.2, 0) is 4.74 Å². The Labute approximate surface area is 106 Å². The second-order valence-electron chi connectivity index (χ2n) is 4.59. The van der Waals surface area contributed by atoms with Gasteiger partial charge in [0.15, 0.2) is 6.10 Å². The summed E-state index contributed by atoms with van der Waals surface area (Å²) in [6.45, 7) is 2.05. The van der Waals surface area contributed by atoms with Crippen LogP contribution >= 0.6 is 11.6 Å². The zero-order chi connectivity index (χ0) is 12.3. The lowest BCUT2D eigenvalue weighted by Gasteiger charge is -2.26. The van der Waals surface area contributed by atoms with E-state index in [1.807, 2.05) is 0 Å². The van der Waals surface area contributed by atoms with Gasteiger partial charge in [-0.3, -0.25) is 0 Å². The van der Waals surface area contributed by atoms with Crippen LogP contribution in [0.2, 0.25) is 5.02 Å². The van der Waals surface area contributed by atoms with E-state index >= 15 is 0 Å². The van der Waals surface area contributed by atoms with E-state index in [9.17, 15) is 4.79 Å². The van der Waals surface area contributed by atoms with Gasteiger partial charge in [0.1, 0.15) is 6.54 Å². The Hall–Kier alpha value is -1.06. The molecule has 0 bridgehead atoms. The van der Waals surface area contributed by atoms with E-state index in [4.69, 9.17) is 16.3 Å². The highest BCUT2D eigenvalue weighted by Gasteiger charge is 2.24. The van der Waals surface area contributed by atoms with Gasteiger partial charge < -0.3 is 9.64 Å². The van der Waals surface area contributed by atoms with Crippen LogP contribution < -0.4 is 4.90 Å². The third-order valence-electron chi connectivity index (χ3n) is 3.04. The van der Waals surface area contributed by atoms with Gasteiger partial charge >= 0.3 is 5.97 Å². The summed E-state index contributed by atoms with van der Waals surface area (Å²) < 4.78 is 5.48. The molecule has 0 amide bonds. The summed E-state index contributed by atoms with van der Waals surface area (Å²) in [7, 11) is 2.12. The first-order valence-corrected chi connectivity index (χ1v) is 6.31. The Morgan fingerprint density at radius 1 is 1.53 bits per heavy atom. The summed E-state index contributed by atoms with van der Waals surface area (Å²) in [6.07, 6.45) is 2.11. The number of nitrogens with one attached hydrogen (secondary N) is 1. The molecule has 17 heavy (non-hydrogen) atoms. The fourth-order valence-electron chi connectivity index (χ4n) is 2.16. The number of likely N-dealkylation sites (tertiary alicyclic amines) is 1. The summed E-state index contributed by atoms with van der Waals surface area (Å²) in [6, 6.07) is 6.88. The maximum absolute atomic E-state index is 11.9. The molecule has 0 aliphatic carbocycles. The van der Waals surface area contributed by atoms with E-state index in [0.717, 1.165) is 25.9 Å². The van der Waals surface area contributed by atoms with Gasteiger partial charge in [-0.2, -0.15) is 0 Å². The summed E-state index contributed by atoms with van der Waals surface area (Å²) in [4.78, 5) is 13.3. The zero-order valence-electron chi connectivity index (χ0n) is 9.91. The molecule has 1 aromatic rings. The monoisotopic (exact) mass is 254 g/mol. The number of halogens is 1.